The number of nitrogens with zero attached hydrogens (tertiary/aromatic N) is 1. The predicted octanol–water partition coefficient (Wildman–Crippen LogP) is 4.37. The Kier molecular flexibility index (Phi) is 7.20. The molecule has 0 aromatic heterocycles. The molecular formula is C20H21Cl3N2O4S. The molecule has 162 valence electrons. The molecule has 0 radical (unpaired) electrons. The number of halogens is 3. The van der Waals surface area contributed by atoms with Gasteiger partial charge in [-0.2, -0.15) is 4.31 Å². The van der Waals surface area contributed by atoms with Crippen molar-refractivity contribution in [1.82, 2.24) is 4.31 Å². The van der Waals surface area contributed by atoms with Crippen LogP contribution in [-0.4, -0.2) is 38.3 Å². The summed E-state index contributed by atoms with van der Waals surface area (Å²) >= 11 is 18.0. The van der Waals surface area contributed by atoms with Crippen molar-refractivity contribution in [3.8, 4) is 5.75 Å². The first kappa shape index (κ1) is 23.2. The van der Waals surface area contributed by atoms with Crippen LogP contribution in [0.2, 0.25) is 15.1 Å². The summed E-state index contributed by atoms with van der Waals surface area (Å²) in [6.07, 6.45) is 0.936. The molecule has 6 nitrogen and oxygen atoms in total. The molecule has 1 heterocycles. The van der Waals surface area contributed by atoms with E-state index in [1.54, 1.807) is 24.3 Å². The highest BCUT2D eigenvalue weighted by Crippen LogP contribution is 2.38. The summed E-state index contributed by atoms with van der Waals surface area (Å²) < 4.78 is 33.3. The molecule has 1 amide bonds. The molecule has 0 atom stereocenters. The minimum absolute atomic E-state index is 0.00569. The van der Waals surface area contributed by atoms with Gasteiger partial charge < -0.3 is 10.5 Å². The minimum Gasteiger partial charge on any atom is -0.493 e. The molecule has 0 saturated carbocycles. The summed E-state index contributed by atoms with van der Waals surface area (Å²) in [7, 11) is -3.79. The number of piperidine rings is 1. The Morgan fingerprint density at radius 2 is 1.73 bits per heavy atom. The second kappa shape index (κ2) is 9.32. The van der Waals surface area contributed by atoms with Crippen molar-refractivity contribution in [2.75, 3.05) is 19.7 Å². The third kappa shape index (κ3) is 5.39. The number of hydrogen-bond acceptors (Lipinski definition) is 4. The number of benzene rings is 2. The van der Waals surface area contributed by atoms with Gasteiger partial charge in [0.2, 0.25) is 15.9 Å². The van der Waals surface area contributed by atoms with Crippen LogP contribution >= 0.6 is 34.8 Å². The van der Waals surface area contributed by atoms with Gasteiger partial charge in [-0.15, -0.1) is 0 Å². The zero-order valence-corrected chi connectivity index (χ0v) is 19.1. The molecule has 1 aliphatic heterocycles. The highest BCUT2D eigenvalue weighted by atomic mass is 35.5. The number of primary amides is 1. The smallest absolute Gasteiger partial charge is 0.244 e. The molecule has 2 aromatic rings. The zero-order valence-electron chi connectivity index (χ0n) is 16.0. The molecule has 2 N–H and O–H groups in total. The van der Waals surface area contributed by atoms with Crippen LogP contribution in [0.3, 0.4) is 0 Å². The third-order valence-electron chi connectivity index (χ3n) is 5.19. The fourth-order valence-electron chi connectivity index (χ4n) is 3.56. The van der Waals surface area contributed by atoms with Gasteiger partial charge in [0, 0.05) is 35.0 Å². The van der Waals surface area contributed by atoms with Gasteiger partial charge in [-0.1, -0.05) is 40.9 Å². The minimum atomic E-state index is -3.79. The monoisotopic (exact) mass is 490 g/mol. The molecule has 3 rings (SSSR count). The summed E-state index contributed by atoms with van der Waals surface area (Å²) in [6, 6.07) is 11.2. The van der Waals surface area contributed by atoms with Crippen molar-refractivity contribution >= 4 is 50.7 Å². The van der Waals surface area contributed by atoms with Crippen LogP contribution in [0.25, 0.3) is 0 Å². The molecular weight excluding hydrogens is 471 g/mol. The lowest BCUT2D eigenvalue weighted by molar-refractivity contribution is -0.121. The van der Waals surface area contributed by atoms with Crippen molar-refractivity contribution in [1.29, 1.82) is 0 Å². The van der Waals surface area contributed by atoms with E-state index in [1.807, 2.05) is 0 Å². The maximum Gasteiger partial charge on any atom is 0.244 e. The van der Waals surface area contributed by atoms with Crippen LogP contribution in [-0.2, 0) is 14.8 Å². The first-order valence-corrected chi connectivity index (χ1v) is 11.8. The number of carbonyl (C=O) groups is 1. The van der Waals surface area contributed by atoms with E-state index in [0.29, 0.717) is 28.6 Å². The first-order chi connectivity index (χ1) is 14.1. The predicted molar refractivity (Wildman–Crippen MR) is 118 cm³/mol. The van der Waals surface area contributed by atoms with Gasteiger partial charge in [0.25, 0.3) is 0 Å². The molecule has 1 fully saturated rings. The Balaban J connectivity index is 1.75. The molecule has 30 heavy (non-hydrogen) atoms. The average Bonchev–Trinajstić information content (AvgIpc) is 2.66. The van der Waals surface area contributed by atoms with Gasteiger partial charge in [-0.25, -0.2) is 8.42 Å². The SMILES string of the molecule is NC(=O)CC1(COc2cccc(Cl)c2)CCN(S(=O)(=O)c2ccc(Cl)cc2Cl)CC1. The maximum atomic E-state index is 13.0. The Labute approximate surface area is 190 Å². The molecule has 1 saturated heterocycles. The van der Waals surface area contributed by atoms with E-state index in [0.717, 1.165) is 0 Å². The normalized spacial score (nSPS) is 16.9. The average molecular weight is 492 g/mol. The van der Waals surface area contributed by atoms with Crippen molar-refractivity contribution in [2.24, 2.45) is 11.1 Å². The second-order valence-corrected chi connectivity index (χ2v) is 10.6. The van der Waals surface area contributed by atoms with Crippen LogP contribution in [0.15, 0.2) is 47.4 Å². The van der Waals surface area contributed by atoms with Crippen LogP contribution in [0, 0.1) is 5.41 Å². The van der Waals surface area contributed by atoms with E-state index >= 15 is 0 Å². The van der Waals surface area contributed by atoms with E-state index in [9.17, 15) is 13.2 Å². The fourth-order valence-corrected chi connectivity index (χ4v) is 5.93. The lowest BCUT2D eigenvalue weighted by atomic mass is 9.76. The highest BCUT2D eigenvalue weighted by Gasteiger charge is 2.40. The van der Waals surface area contributed by atoms with Crippen LogP contribution in [0.4, 0.5) is 0 Å². The van der Waals surface area contributed by atoms with E-state index < -0.39 is 21.3 Å². The summed E-state index contributed by atoms with van der Waals surface area (Å²) in [5.74, 6) is 0.121. The van der Waals surface area contributed by atoms with Crippen molar-refractivity contribution in [2.45, 2.75) is 24.2 Å². The first-order valence-electron chi connectivity index (χ1n) is 9.23. The molecule has 0 unspecified atom stereocenters. The van der Waals surface area contributed by atoms with Crippen molar-refractivity contribution < 1.29 is 17.9 Å². The molecule has 0 spiro atoms. The maximum absolute atomic E-state index is 13.0. The Hall–Kier alpha value is -1.51. The van der Waals surface area contributed by atoms with Crippen LogP contribution < -0.4 is 10.5 Å². The van der Waals surface area contributed by atoms with Crippen molar-refractivity contribution in [3.63, 3.8) is 0 Å². The standard InChI is InChI=1S/C20H21Cl3N2O4S/c21-14-2-1-3-16(10-14)29-13-20(12-19(24)26)6-8-25(9-7-20)30(27,28)18-5-4-15(22)11-17(18)23/h1-5,10-11H,6-9,12-13H2,(H2,24,26). The van der Waals surface area contributed by atoms with Crippen molar-refractivity contribution in [3.05, 3.63) is 57.5 Å². The summed E-state index contributed by atoms with van der Waals surface area (Å²) in [5, 5.41) is 0.967. The zero-order chi connectivity index (χ0) is 21.9. The summed E-state index contributed by atoms with van der Waals surface area (Å²) in [5.41, 5.74) is 4.90. The van der Waals surface area contributed by atoms with E-state index in [-0.39, 0.29) is 36.0 Å². The van der Waals surface area contributed by atoms with Crippen LogP contribution in [0.1, 0.15) is 19.3 Å². The molecule has 0 bridgehead atoms. The van der Waals surface area contributed by atoms with Gasteiger partial charge in [0.1, 0.15) is 10.6 Å². The number of carbonyl (C=O) groups excluding carboxylic acids is 1. The van der Waals surface area contributed by atoms with Gasteiger partial charge >= 0.3 is 0 Å². The number of sulfonamides is 1. The van der Waals surface area contributed by atoms with Gasteiger partial charge in [-0.3, -0.25) is 4.79 Å². The fraction of sp³-hybridized carbons (Fsp3) is 0.350. The van der Waals surface area contributed by atoms with E-state index in [2.05, 4.69) is 0 Å². The number of nitrogens with two attached hydrogens (primary N) is 1. The highest BCUT2D eigenvalue weighted by molar-refractivity contribution is 7.89. The number of amides is 1. The van der Waals surface area contributed by atoms with E-state index in [4.69, 9.17) is 45.3 Å². The van der Waals surface area contributed by atoms with Gasteiger partial charge in [-0.05, 0) is 49.2 Å². The Morgan fingerprint density at radius 1 is 1.07 bits per heavy atom. The molecule has 10 heteroatoms. The Morgan fingerprint density at radius 3 is 2.33 bits per heavy atom. The Bertz CT molecular complexity index is 1040. The van der Waals surface area contributed by atoms with Crippen LogP contribution in [0.5, 0.6) is 5.75 Å². The molecule has 2 aromatic carbocycles. The largest absolute Gasteiger partial charge is 0.493 e. The number of ether oxygens (including phenoxy) is 1. The lowest BCUT2D eigenvalue weighted by Crippen LogP contribution is -2.47. The summed E-state index contributed by atoms with van der Waals surface area (Å²) in [6.45, 7) is 0.660. The molecule has 0 aliphatic carbocycles. The topological polar surface area (TPSA) is 89.7 Å². The molecule has 1 aliphatic rings. The quantitative estimate of drug-likeness (QED) is 0.623. The van der Waals surface area contributed by atoms with Gasteiger partial charge in [0.05, 0.1) is 11.6 Å². The third-order valence-corrected chi connectivity index (χ3v) is 8.04. The number of hydrogen-bond donors (Lipinski definition) is 1. The van der Waals surface area contributed by atoms with E-state index in [1.165, 1.54) is 22.5 Å². The second-order valence-electron chi connectivity index (χ2n) is 7.37. The lowest BCUT2D eigenvalue weighted by Gasteiger charge is -2.40. The van der Waals surface area contributed by atoms with Gasteiger partial charge in [0.15, 0.2) is 0 Å². The number of rotatable bonds is 7. The summed E-state index contributed by atoms with van der Waals surface area (Å²) in [4.78, 5) is 11.7.